The van der Waals surface area contributed by atoms with Crippen molar-refractivity contribution in [3.05, 3.63) is 28.7 Å². The number of carbonyl (C=O) groups excluding carboxylic acids is 1. The molecule has 1 N–H and O–H groups in total. The molecule has 0 spiro atoms. The molecule has 118 valence electrons. The molecule has 1 aromatic rings. The van der Waals surface area contributed by atoms with Gasteiger partial charge in [-0.05, 0) is 41.4 Å². The number of sulfonamides is 1. The van der Waals surface area contributed by atoms with Gasteiger partial charge >= 0.3 is 0 Å². The molecule has 1 amide bonds. The smallest absolute Gasteiger partial charge is 0.232 e. The van der Waals surface area contributed by atoms with Crippen molar-refractivity contribution < 1.29 is 13.2 Å². The fourth-order valence-corrected chi connectivity index (χ4v) is 3.33. The number of nitrogens with one attached hydrogen (secondary N) is 1. The van der Waals surface area contributed by atoms with Gasteiger partial charge in [-0.2, -0.15) is 0 Å². The lowest BCUT2D eigenvalue weighted by molar-refractivity contribution is -0.121. The maximum atomic E-state index is 11.9. The van der Waals surface area contributed by atoms with Crippen molar-refractivity contribution in [3.8, 4) is 0 Å². The van der Waals surface area contributed by atoms with Crippen molar-refractivity contribution in [2.75, 3.05) is 17.1 Å². The van der Waals surface area contributed by atoms with E-state index in [2.05, 4.69) is 21.2 Å². The Balaban J connectivity index is 2.83. The maximum Gasteiger partial charge on any atom is 0.232 e. The first-order chi connectivity index (χ1) is 9.75. The molecule has 0 aliphatic rings. The van der Waals surface area contributed by atoms with E-state index in [1.807, 2.05) is 19.9 Å². The summed E-state index contributed by atoms with van der Waals surface area (Å²) in [5.74, 6) is -0.148. The van der Waals surface area contributed by atoms with Crippen LogP contribution < -0.4 is 9.62 Å². The van der Waals surface area contributed by atoms with E-state index in [1.54, 1.807) is 18.2 Å². The number of amides is 1. The van der Waals surface area contributed by atoms with Crippen LogP contribution in [0.2, 0.25) is 0 Å². The standard InChI is InChI=1S/C14H21BrN2O3S/c1-4-11(2)16-14(18)9-10-17(21(3,19)20)13-8-6-5-7-12(13)15/h5-8,11H,4,9-10H2,1-3H3,(H,16,18). The van der Waals surface area contributed by atoms with Crippen LogP contribution in [0.3, 0.4) is 0 Å². The first kappa shape index (κ1) is 18.0. The number of anilines is 1. The summed E-state index contributed by atoms with van der Waals surface area (Å²) < 4.78 is 25.8. The van der Waals surface area contributed by atoms with Crippen LogP contribution in [0.5, 0.6) is 0 Å². The van der Waals surface area contributed by atoms with Gasteiger partial charge in [0.05, 0.1) is 11.9 Å². The lowest BCUT2D eigenvalue weighted by Gasteiger charge is -2.23. The molecule has 0 bridgehead atoms. The molecule has 0 radical (unpaired) electrons. The number of benzene rings is 1. The zero-order chi connectivity index (χ0) is 16.0. The second kappa shape index (κ2) is 7.79. The molecule has 0 aliphatic heterocycles. The van der Waals surface area contributed by atoms with Crippen LogP contribution in [0.15, 0.2) is 28.7 Å². The van der Waals surface area contributed by atoms with Crippen LogP contribution in [-0.4, -0.2) is 33.2 Å². The molecule has 0 saturated carbocycles. The van der Waals surface area contributed by atoms with Crippen molar-refractivity contribution in [1.29, 1.82) is 0 Å². The molecule has 1 atom stereocenters. The Morgan fingerprint density at radius 1 is 1.38 bits per heavy atom. The number of rotatable bonds is 7. The highest BCUT2D eigenvalue weighted by Gasteiger charge is 2.20. The predicted octanol–water partition coefficient (Wildman–Crippen LogP) is 2.52. The number of carbonyl (C=O) groups is 1. The Morgan fingerprint density at radius 3 is 2.52 bits per heavy atom. The summed E-state index contributed by atoms with van der Waals surface area (Å²) in [4.78, 5) is 11.8. The molecule has 0 aliphatic carbocycles. The number of para-hydroxylation sites is 1. The predicted molar refractivity (Wildman–Crippen MR) is 88.8 cm³/mol. The highest BCUT2D eigenvalue weighted by molar-refractivity contribution is 9.10. The summed E-state index contributed by atoms with van der Waals surface area (Å²) in [5.41, 5.74) is 0.538. The summed E-state index contributed by atoms with van der Waals surface area (Å²) >= 11 is 3.34. The number of halogens is 1. The van der Waals surface area contributed by atoms with E-state index >= 15 is 0 Å². The molecular weight excluding hydrogens is 356 g/mol. The molecule has 1 rings (SSSR count). The summed E-state index contributed by atoms with van der Waals surface area (Å²) in [7, 11) is -3.45. The van der Waals surface area contributed by atoms with Gasteiger partial charge in [0.15, 0.2) is 0 Å². The lowest BCUT2D eigenvalue weighted by atomic mass is 10.2. The van der Waals surface area contributed by atoms with Crippen molar-refractivity contribution in [3.63, 3.8) is 0 Å². The first-order valence-electron chi connectivity index (χ1n) is 6.77. The van der Waals surface area contributed by atoms with Crippen LogP contribution in [0.25, 0.3) is 0 Å². The molecule has 1 unspecified atom stereocenters. The SMILES string of the molecule is CCC(C)NC(=O)CCN(c1ccccc1Br)S(C)(=O)=O. The van der Waals surface area contributed by atoms with E-state index in [-0.39, 0.29) is 24.9 Å². The minimum absolute atomic E-state index is 0.0904. The van der Waals surface area contributed by atoms with Gasteiger partial charge in [0.1, 0.15) is 0 Å². The van der Waals surface area contributed by atoms with Gasteiger partial charge in [0.25, 0.3) is 0 Å². The van der Waals surface area contributed by atoms with Crippen LogP contribution >= 0.6 is 15.9 Å². The molecule has 21 heavy (non-hydrogen) atoms. The fraction of sp³-hybridized carbons (Fsp3) is 0.500. The molecule has 0 aromatic heterocycles. The Hall–Kier alpha value is -1.08. The molecule has 0 saturated heterocycles. The number of nitrogens with zero attached hydrogens (tertiary/aromatic N) is 1. The molecular formula is C14H21BrN2O3S. The molecule has 5 nitrogen and oxygen atoms in total. The van der Waals surface area contributed by atoms with Gasteiger partial charge < -0.3 is 5.32 Å². The van der Waals surface area contributed by atoms with Gasteiger partial charge in [-0.15, -0.1) is 0 Å². The summed E-state index contributed by atoms with van der Waals surface area (Å²) in [6.45, 7) is 4.01. The van der Waals surface area contributed by atoms with Crippen molar-refractivity contribution in [2.24, 2.45) is 0 Å². The van der Waals surface area contributed by atoms with Gasteiger partial charge in [-0.25, -0.2) is 8.42 Å². The minimum atomic E-state index is -3.45. The third-order valence-corrected chi connectivity index (χ3v) is 4.93. The van der Waals surface area contributed by atoms with E-state index in [1.165, 1.54) is 4.31 Å². The van der Waals surface area contributed by atoms with Gasteiger partial charge in [-0.1, -0.05) is 19.1 Å². The highest BCUT2D eigenvalue weighted by atomic mass is 79.9. The maximum absolute atomic E-state index is 11.9. The van der Waals surface area contributed by atoms with Gasteiger partial charge in [-0.3, -0.25) is 9.10 Å². The first-order valence-corrected chi connectivity index (χ1v) is 9.41. The number of hydrogen-bond donors (Lipinski definition) is 1. The topological polar surface area (TPSA) is 66.5 Å². The highest BCUT2D eigenvalue weighted by Crippen LogP contribution is 2.27. The lowest BCUT2D eigenvalue weighted by Crippen LogP contribution is -2.37. The van der Waals surface area contributed by atoms with Crippen LogP contribution in [0.4, 0.5) is 5.69 Å². The number of hydrogen-bond acceptors (Lipinski definition) is 3. The molecule has 0 heterocycles. The second-order valence-electron chi connectivity index (χ2n) is 4.91. The van der Waals surface area contributed by atoms with Crippen molar-refractivity contribution >= 4 is 37.5 Å². The minimum Gasteiger partial charge on any atom is -0.354 e. The monoisotopic (exact) mass is 376 g/mol. The van der Waals surface area contributed by atoms with Gasteiger partial charge in [0.2, 0.25) is 15.9 Å². The summed E-state index contributed by atoms with van der Waals surface area (Å²) in [5, 5.41) is 2.83. The van der Waals surface area contributed by atoms with Crippen molar-refractivity contribution in [2.45, 2.75) is 32.7 Å². The Bertz CT molecular complexity index is 590. The third-order valence-electron chi connectivity index (χ3n) is 3.08. The van der Waals surface area contributed by atoms with E-state index in [0.717, 1.165) is 12.7 Å². The Kier molecular flexibility index (Phi) is 6.67. The second-order valence-corrected chi connectivity index (χ2v) is 7.67. The quantitative estimate of drug-likeness (QED) is 0.794. The van der Waals surface area contributed by atoms with Crippen LogP contribution in [0, 0.1) is 0 Å². The van der Waals surface area contributed by atoms with Crippen LogP contribution in [0.1, 0.15) is 26.7 Å². The van der Waals surface area contributed by atoms with Crippen LogP contribution in [-0.2, 0) is 14.8 Å². The van der Waals surface area contributed by atoms with Crippen molar-refractivity contribution in [1.82, 2.24) is 5.32 Å². The van der Waals surface area contributed by atoms with Gasteiger partial charge in [0, 0.05) is 23.5 Å². The molecule has 0 fully saturated rings. The third kappa shape index (κ3) is 5.67. The van der Waals surface area contributed by atoms with E-state index in [9.17, 15) is 13.2 Å². The van der Waals surface area contributed by atoms with E-state index in [4.69, 9.17) is 0 Å². The van der Waals surface area contributed by atoms with E-state index < -0.39 is 10.0 Å². The van der Waals surface area contributed by atoms with E-state index in [0.29, 0.717) is 10.2 Å². The average Bonchev–Trinajstić information content (AvgIpc) is 2.39. The Morgan fingerprint density at radius 2 is 2.00 bits per heavy atom. The molecule has 7 heteroatoms. The zero-order valence-electron chi connectivity index (χ0n) is 12.5. The normalized spacial score (nSPS) is 12.8. The average molecular weight is 377 g/mol. The Labute approximate surface area is 134 Å². The fourth-order valence-electron chi connectivity index (χ4n) is 1.77. The summed E-state index contributed by atoms with van der Waals surface area (Å²) in [6.07, 6.45) is 2.10. The summed E-state index contributed by atoms with van der Waals surface area (Å²) in [6, 6.07) is 7.14. The molecule has 1 aromatic carbocycles. The zero-order valence-corrected chi connectivity index (χ0v) is 14.9. The largest absolute Gasteiger partial charge is 0.354 e.